The Morgan fingerprint density at radius 1 is 1.33 bits per heavy atom. The first kappa shape index (κ1) is 6.64. The molecule has 1 aliphatic rings. The van der Waals surface area contributed by atoms with Crippen molar-refractivity contribution in [3.05, 3.63) is 0 Å². The van der Waals surface area contributed by atoms with Crippen molar-refractivity contribution in [3.63, 3.8) is 0 Å². The monoisotopic (exact) mass is 124 g/mol. The highest BCUT2D eigenvalue weighted by molar-refractivity contribution is 4.98. The van der Waals surface area contributed by atoms with Gasteiger partial charge in [-0.15, -0.1) is 12.3 Å². The van der Waals surface area contributed by atoms with Crippen LogP contribution >= 0.6 is 0 Å². The van der Waals surface area contributed by atoms with Gasteiger partial charge in [-0.05, 0) is 12.8 Å². The molecule has 1 aliphatic carbocycles. The van der Waals surface area contributed by atoms with Gasteiger partial charge in [-0.2, -0.15) is 0 Å². The molecule has 1 nitrogen and oxygen atoms in total. The van der Waals surface area contributed by atoms with Crippen LogP contribution in [0.4, 0.5) is 0 Å². The van der Waals surface area contributed by atoms with Gasteiger partial charge < -0.3 is 5.11 Å². The van der Waals surface area contributed by atoms with Crippen molar-refractivity contribution in [2.75, 3.05) is 0 Å². The number of hydrogen-bond donors (Lipinski definition) is 1. The minimum Gasteiger partial charge on any atom is -0.392 e. The maximum atomic E-state index is 9.23. The van der Waals surface area contributed by atoms with Gasteiger partial charge in [-0.3, -0.25) is 0 Å². The molecule has 1 rings (SSSR count). The quantitative estimate of drug-likeness (QED) is 0.481. The average Bonchev–Trinajstić information content (AvgIpc) is 1.89. The van der Waals surface area contributed by atoms with Gasteiger partial charge >= 0.3 is 0 Å². The van der Waals surface area contributed by atoms with Crippen molar-refractivity contribution in [1.29, 1.82) is 0 Å². The van der Waals surface area contributed by atoms with Gasteiger partial charge in [0.15, 0.2) is 0 Å². The minimum atomic E-state index is -0.219. The van der Waals surface area contributed by atoms with E-state index in [1.807, 2.05) is 0 Å². The predicted molar refractivity (Wildman–Crippen MR) is 36.8 cm³/mol. The van der Waals surface area contributed by atoms with E-state index in [-0.39, 0.29) is 12.0 Å². The largest absolute Gasteiger partial charge is 0.392 e. The summed E-state index contributed by atoms with van der Waals surface area (Å²) in [6.07, 6.45) is 9.20. The van der Waals surface area contributed by atoms with Crippen LogP contribution in [0.2, 0.25) is 0 Å². The molecule has 0 aromatic carbocycles. The van der Waals surface area contributed by atoms with E-state index in [0.717, 1.165) is 19.3 Å². The first-order valence-electron chi connectivity index (χ1n) is 3.49. The van der Waals surface area contributed by atoms with Crippen LogP contribution in [-0.4, -0.2) is 11.2 Å². The Morgan fingerprint density at radius 2 is 2.00 bits per heavy atom. The fourth-order valence-corrected chi connectivity index (χ4v) is 1.31. The normalized spacial score (nSPS) is 35.6. The minimum absolute atomic E-state index is 0.138. The second kappa shape index (κ2) is 2.89. The first-order valence-corrected chi connectivity index (χ1v) is 3.49. The summed E-state index contributed by atoms with van der Waals surface area (Å²) in [5.74, 6) is 2.74. The summed E-state index contributed by atoms with van der Waals surface area (Å²) in [5.41, 5.74) is 0. The van der Waals surface area contributed by atoms with E-state index in [1.165, 1.54) is 6.42 Å². The van der Waals surface area contributed by atoms with Gasteiger partial charge in [0, 0.05) is 5.92 Å². The van der Waals surface area contributed by atoms with Crippen molar-refractivity contribution in [2.24, 2.45) is 5.92 Å². The molecular weight excluding hydrogens is 112 g/mol. The summed E-state index contributed by atoms with van der Waals surface area (Å²) >= 11 is 0. The van der Waals surface area contributed by atoms with Crippen LogP contribution in [0.15, 0.2) is 0 Å². The molecule has 0 bridgehead atoms. The highest BCUT2D eigenvalue weighted by Crippen LogP contribution is 2.22. The highest BCUT2D eigenvalue weighted by atomic mass is 16.3. The molecule has 0 spiro atoms. The fraction of sp³-hybridized carbons (Fsp3) is 0.750. The molecule has 9 heavy (non-hydrogen) atoms. The standard InChI is InChI=1S/C8H12O/c1-2-7-5-3-4-6-8(7)9/h1,7-9H,3-6H2. The van der Waals surface area contributed by atoms with Crippen LogP contribution < -0.4 is 0 Å². The third-order valence-corrected chi connectivity index (χ3v) is 1.94. The van der Waals surface area contributed by atoms with E-state index in [2.05, 4.69) is 5.92 Å². The Bertz CT molecular complexity index is 123. The van der Waals surface area contributed by atoms with Gasteiger partial charge in [-0.25, -0.2) is 0 Å². The van der Waals surface area contributed by atoms with Gasteiger partial charge in [-0.1, -0.05) is 12.8 Å². The molecule has 50 valence electrons. The molecule has 0 amide bonds. The lowest BCUT2D eigenvalue weighted by atomic mass is 9.87. The molecule has 0 aliphatic heterocycles. The van der Waals surface area contributed by atoms with Gasteiger partial charge in [0.2, 0.25) is 0 Å². The van der Waals surface area contributed by atoms with Crippen molar-refractivity contribution in [3.8, 4) is 12.3 Å². The van der Waals surface area contributed by atoms with E-state index in [9.17, 15) is 5.11 Å². The predicted octanol–water partition coefficient (Wildman–Crippen LogP) is 1.17. The molecule has 0 radical (unpaired) electrons. The molecule has 0 aromatic heterocycles. The summed E-state index contributed by atoms with van der Waals surface area (Å²) in [7, 11) is 0. The Kier molecular flexibility index (Phi) is 2.13. The van der Waals surface area contributed by atoms with Crippen molar-refractivity contribution in [1.82, 2.24) is 0 Å². The SMILES string of the molecule is C#CC1CCCCC1O. The molecule has 0 heterocycles. The maximum Gasteiger partial charge on any atom is 0.0677 e. The number of aliphatic hydroxyl groups is 1. The summed E-state index contributed by atoms with van der Waals surface area (Å²) in [6, 6.07) is 0. The molecule has 0 aromatic rings. The van der Waals surface area contributed by atoms with Crippen molar-refractivity contribution in [2.45, 2.75) is 31.8 Å². The average molecular weight is 124 g/mol. The summed E-state index contributed by atoms with van der Waals surface area (Å²) in [4.78, 5) is 0. The van der Waals surface area contributed by atoms with E-state index in [0.29, 0.717) is 0 Å². The third kappa shape index (κ3) is 1.46. The lowest BCUT2D eigenvalue weighted by Gasteiger charge is -2.22. The number of terminal acetylenes is 1. The Balaban J connectivity index is 2.41. The van der Waals surface area contributed by atoms with E-state index in [4.69, 9.17) is 6.42 Å². The Labute approximate surface area is 56.1 Å². The van der Waals surface area contributed by atoms with Crippen LogP contribution in [0.3, 0.4) is 0 Å². The lowest BCUT2D eigenvalue weighted by Crippen LogP contribution is -2.22. The summed E-state index contributed by atoms with van der Waals surface area (Å²) < 4.78 is 0. The number of hydrogen-bond acceptors (Lipinski definition) is 1. The van der Waals surface area contributed by atoms with E-state index in [1.54, 1.807) is 0 Å². The first-order chi connectivity index (χ1) is 4.34. The second-order valence-electron chi connectivity index (χ2n) is 2.62. The maximum absolute atomic E-state index is 9.23. The molecule has 2 atom stereocenters. The zero-order chi connectivity index (χ0) is 6.69. The highest BCUT2D eigenvalue weighted by Gasteiger charge is 2.19. The molecule has 1 saturated carbocycles. The molecular formula is C8H12O. The number of aliphatic hydroxyl groups excluding tert-OH is 1. The number of rotatable bonds is 0. The molecule has 1 N–H and O–H groups in total. The van der Waals surface area contributed by atoms with Gasteiger partial charge in [0.1, 0.15) is 0 Å². The zero-order valence-corrected chi connectivity index (χ0v) is 5.51. The van der Waals surface area contributed by atoms with Crippen LogP contribution in [0.1, 0.15) is 25.7 Å². The van der Waals surface area contributed by atoms with Crippen LogP contribution in [0.5, 0.6) is 0 Å². The van der Waals surface area contributed by atoms with Crippen LogP contribution in [-0.2, 0) is 0 Å². The second-order valence-corrected chi connectivity index (χ2v) is 2.62. The molecule has 1 heteroatoms. The topological polar surface area (TPSA) is 20.2 Å². The zero-order valence-electron chi connectivity index (χ0n) is 5.51. The molecule has 2 unspecified atom stereocenters. The fourth-order valence-electron chi connectivity index (χ4n) is 1.31. The molecule has 0 saturated heterocycles. The smallest absolute Gasteiger partial charge is 0.0677 e. The summed E-state index contributed by atoms with van der Waals surface area (Å²) in [6.45, 7) is 0. The molecule has 1 fully saturated rings. The van der Waals surface area contributed by atoms with Crippen LogP contribution in [0, 0.1) is 18.3 Å². The Morgan fingerprint density at radius 3 is 2.44 bits per heavy atom. The van der Waals surface area contributed by atoms with Gasteiger partial charge in [0.05, 0.1) is 6.10 Å². The van der Waals surface area contributed by atoms with E-state index >= 15 is 0 Å². The lowest BCUT2D eigenvalue weighted by molar-refractivity contribution is 0.0971. The summed E-state index contributed by atoms with van der Waals surface area (Å²) in [5, 5.41) is 9.23. The van der Waals surface area contributed by atoms with Crippen LogP contribution in [0.25, 0.3) is 0 Å². The van der Waals surface area contributed by atoms with E-state index < -0.39 is 0 Å². The Hall–Kier alpha value is -0.480. The third-order valence-electron chi connectivity index (χ3n) is 1.94. The van der Waals surface area contributed by atoms with Crippen molar-refractivity contribution >= 4 is 0 Å². The van der Waals surface area contributed by atoms with Gasteiger partial charge in [0.25, 0.3) is 0 Å². The van der Waals surface area contributed by atoms with Crippen molar-refractivity contribution < 1.29 is 5.11 Å².